The summed E-state index contributed by atoms with van der Waals surface area (Å²) in [5.41, 5.74) is 5.62. The fourth-order valence-corrected chi connectivity index (χ4v) is 4.27. The summed E-state index contributed by atoms with van der Waals surface area (Å²) in [6.45, 7) is 6.19. The molecule has 2 aromatic carbocycles. The molecule has 1 N–H and O–H groups in total. The number of nitrogens with zero attached hydrogens (tertiary/aromatic N) is 3. The lowest BCUT2D eigenvalue weighted by Gasteiger charge is -2.30. The van der Waals surface area contributed by atoms with E-state index in [2.05, 4.69) is 58.8 Å². The number of ether oxygens (including phenoxy) is 1. The van der Waals surface area contributed by atoms with Gasteiger partial charge in [0, 0.05) is 17.7 Å². The van der Waals surface area contributed by atoms with E-state index in [9.17, 15) is 0 Å². The average molecular weight is 477 g/mol. The molecular weight excluding hydrogens is 432 g/mol. The second-order valence-electron chi connectivity index (χ2n) is 9.41. The summed E-state index contributed by atoms with van der Waals surface area (Å²) in [4.78, 5) is 0. The van der Waals surface area contributed by atoms with Crippen LogP contribution in [0.25, 0.3) is 0 Å². The van der Waals surface area contributed by atoms with E-state index in [0.717, 1.165) is 54.5 Å². The number of rotatable bonds is 17. The Morgan fingerprint density at radius 1 is 0.657 bits per heavy atom. The van der Waals surface area contributed by atoms with Crippen molar-refractivity contribution < 1.29 is 4.74 Å². The summed E-state index contributed by atoms with van der Waals surface area (Å²) in [7, 11) is 0. The molecule has 5 nitrogen and oxygen atoms in total. The number of amidine groups is 2. The van der Waals surface area contributed by atoms with Gasteiger partial charge in [-0.15, -0.1) is 10.2 Å². The standard InChI is InChI=1S/C30H44N4O/c1-3-5-7-9-11-16-24-34-30(27-18-14-13-15-19-27)32-31-29(33-34)26-20-22-28(23-21-26)35-25-17-12-10-8-6-4-2/h13-15,18-23H,3-12,16-17,24-25H2,1-2H3,(H,31,33). The van der Waals surface area contributed by atoms with E-state index in [1.165, 1.54) is 64.2 Å². The normalized spacial score (nSPS) is 13.3. The van der Waals surface area contributed by atoms with E-state index in [1.54, 1.807) is 0 Å². The predicted molar refractivity (Wildman–Crippen MR) is 148 cm³/mol. The van der Waals surface area contributed by atoms with Crippen LogP contribution in [0.5, 0.6) is 5.75 Å². The molecule has 0 saturated heterocycles. The molecule has 0 spiro atoms. The molecule has 3 rings (SSSR count). The van der Waals surface area contributed by atoms with E-state index in [1.807, 2.05) is 30.3 Å². The first-order valence-corrected chi connectivity index (χ1v) is 13.8. The molecule has 0 bridgehead atoms. The Labute approximate surface area is 212 Å². The lowest BCUT2D eigenvalue weighted by Crippen LogP contribution is -2.49. The zero-order valence-electron chi connectivity index (χ0n) is 21.8. The first kappa shape index (κ1) is 26.8. The van der Waals surface area contributed by atoms with Crippen LogP contribution in [0.3, 0.4) is 0 Å². The largest absolute Gasteiger partial charge is 0.494 e. The molecule has 0 unspecified atom stereocenters. The van der Waals surface area contributed by atoms with Crippen molar-refractivity contribution in [2.24, 2.45) is 10.2 Å². The highest BCUT2D eigenvalue weighted by Crippen LogP contribution is 2.17. The fraction of sp³-hybridized carbons (Fsp3) is 0.533. The minimum Gasteiger partial charge on any atom is -0.494 e. The summed E-state index contributed by atoms with van der Waals surface area (Å²) in [5, 5.41) is 11.3. The molecule has 1 aliphatic heterocycles. The summed E-state index contributed by atoms with van der Waals surface area (Å²) >= 11 is 0. The first-order chi connectivity index (χ1) is 17.3. The van der Waals surface area contributed by atoms with Gasteiger partial charge in [-0.2, -0.15) is 0 Å². The number of hydrogen-bond acceptors (Lipinski definition) is 5. The van der Waals surface area contributed by atoms with Crippen LogP contribution in [0.4, 0.5) is 0 Å². The topological polar surface area (TPSA) is 49.2 Å². The molecule has 0 fully saturated rings. The molecule has 0 saturated carbocycles. The van der Waals surface area contributed by atoms with Crippen molar-refractivity contribution in [2.45, 2.75) is 90.9 Å². The minimum absolute atomic E-state index is 0.776. The Morgan fingerprint density at radius 2 is 1.29 bits per heavy atom. The van der Waals surface area contributed by atoms with E-state index in [-0.39, 0.29) is 0 Å². The van der Waals surface area contributed by atoms with Crippen LogP contribution >= 0.6 is 0 Å². The quantitative estimate of drug-likeness (QED) is 0.238. The van der Waals surface area contributed by atoms with Crippen LogP contribution in [0, 0.1) is 0 Å². The van der Waals surface area contributed by atoms with Crippen molar-refractivity contribution in [2.75, 3.05) is 13.2 Å². The molecule has 5 heteroatoms. The van der Waals surface area contributed by atoms with E-state index in [4.69, 9.17) is 4.74 Å². The Kier molecular flexibility index (Phi) is 12.2. The van der Waals surface area contributed by atoms with Gasteiger partial charge in [-0.1, -0.05) is 108 Å². The molecule has 0 radical (unpaired) electrons. The maximum Gasteiger partial charge on any atom is 0.177 e. The smallest absolute Gasteiger partial charge is 0.177 e. The second kappa shape index (κ2) is 16.0. The molecule has 0 aliphatic carbocycles. The van der Waals surface area contributed by atoms with Crippen LogP contribution in [0.15, 0.2) is 64.8 Å². The van der Waals surface area contributed by atoms with Crippen LogP contribution in [0.1, 0.15) is 102 Å². The molecule has 0 amide bonds. The average Bonchev–Trinajstić information content (AvgIpc) is 2.91. The lowest BCUT2D eigenvalue weighted by atomic mass is 10.1. The van der Waals surface area contributed by atoms with Gasteiger partial charge in [-0.3, -0.25) is 10.4 Å². The lowest BCUT2D eigenvalue weighted by molar-refractivity contribution is 0.304. The minimum atomic E-state index is 0.776. The summed E-state index contributed by atoms with van der Waals surface area (Å²) in [6.07, 6.45) is 15.2. The zero-order chi connectivity index (χ0) is 24.6. The molecule has 0 aromatic heterocycles. The van der Waals surface area contributed by atoms with Gasteiger partial charge in [-0.25, -0.2) is 0 Å². The summed E-state index contributed by atoms with van der Waals surface area (Å²) in [5.74, 6) is 2.57. The van der Waals surface area contributed by atoms with E-state index < -0.39 is 0 Å². The highest BCUT2D eigenvalue weighted by Gasteiger charge is 2.20. The summed E-state index contributed by atoms with van der Waals surface area (Å²) in [6, 6.07) is 18.5. The molecular formula is C30H44N4O. The summed E-state index contributed by atoms with van der Waals surface area (Å²) < 4.78 is 5.95. The van der Waals surface area contributed by atoms with Gasteiger partial charge in [0.1, 0.15) is 5.75 Å². The van der Waals surface area contributed by atoms with Crippen LogP contribution in [-0.4, -0.2) is 29.8 Å². The SMILES string of the molecule is CCCCCCCCOc1ccc(C2=NN=C(c3ccccc3)N(CCCCCCCC)N2)cc1. The molecule has 35 heavy (non-hydrogen) atoms. The van der Waals surface area contributed by atoms with Crippen LogP contribution < -0.4 is 10.2 Å². The highest BCUT2D eigenvalue weighted by molar-refractivity contribution is 6.06. The van der Waals surface area contributed by atoms with Gasteiger partial charge in [-0.05, 0) is 37.1 Å². The van der Waals surface area contributed by atoms with Crippen molar-refractivity contribution in [1.82, 2.24) is 10.4 Å². The maximum absolute atomic E-state index is 5.95. The van der Waals surface area contributed by atoms with Gasteiger partial charge in [0.25, 0.3) is 0 Å². The highest BCUT2D eigenvalue weighted by atomic mass is 16.5. The number of hydrogen-bond donors (Lipinski definition) is 1. The Morgan fingerprint density at radius 3 is 1.97 bits per heavy atom. The van der Waals surface area contributed by atoms with Crippen molar-refractivity contribution in [3.05, 3.63) is 65.7 Å². The van der Waals surface area contributed by atoms with Crippen molar-refractivity contribution >= 4 is 11.7 Å². The number of nitrogens with one attached hydrogen (secondary N) is 1. The van der Waals surface area contributed by atoms with E-state index >= 15 is 0 Å². The third kappa shape index (κ3) is 9.39. The second-order valence-corrected chi connectivity index (χ2v) is 9.41. The molecule has 1 aliphatic rings. The molecule has 0 atom stereocenters. The first-order valence-electron chi connectivity index (χ1n) is 13.8. The fourth-order valence-electron chi connectivity index (χ4n) is 4.27. The Bertz CT molecular complexity index is 892. The number of hydrazine groups is 1. The monoisotopic (exact) mass is 476 g/mol. The maximum atomic E-state index is 5.95. The third-order valence-electron chi connectivity index (χ3n) is 6.40. The van der Waals surface area contributed by atoms with Gasteiger partial charge in [0.15, 0.2) is 11.7 Å². The van der Waals surface area contributed by atoms with E-state index in [0.29, 0.717) is 0 Å². The third-order valence-corrected chi connectivity index (χ3v) is 6.40. The molecule has 2 aromatic rings. The van der Waals surface area contributed by atoms with Crippen LogP contribution in [0.2, 0.25) is 0 Å². The van der Waals surface area contributed by atoms with Gasteiger partial charge < -0.3 is 4.74 Å². The number of unbranched alkanes of at least 4 members (excludes halogenated alkanes) is 10. The zero-order valence-corrected chi connectivity index (χ0v) is 21.8. The van der Waals surface area contributed by atoms with Gasteiger partial charge in [0.2, 0.25) is 0 Å². The molecule has 1 heterocycles. The Balaban J connectivity index is 1.56. The van der Waals surface area contributed by atoms with Gasteiger partial charge >= 0.3 is 0 Å². The molecule has 190 valence electrons. The van der Waals surface area contributed by atoms with Gasteiger partial charge in [0.05, 0.1) is 6.61 Å². The predicted octanol–water partition coefficient (Wildman–Crippen LogP) is 7.72. The van der Waals surface area contributed by atoms with Crippen molar-refractivity contribution in [3.8, 4) is 5.75 Å². The Hall–Kier alpha value is -2.82. The van der Waals surface area contributed by atoms with Crippen LogP contribution in [-0.2, 0) is 0 Å². The number of benzene rings is 2. The van der Waals surface area contributed by atoms with Crippen molar-refractivity contribution in [1.29, 1.82) is 0 Å². The van der Waals surface area contributed by atoms with Crippen molar-refractivity contribution in [3.63, 3.8) is 0 Å².